The van der Waals surface area contributed by atoms with Gasteiger partial charge in [-0.05, 0) is 66.6 Å². The first-order valence-corrected chi connectivity index (χ1v) is 14.0. The van der Waals surface area contributed by atoms with Crippen molar-refractivity contribution in [2.24, 2.45) is 21.7 Å². The van der Waals surface area contributed by atoms with Gasteiger partial charge in [-0.25, -0.2) is 8.42 Å². The predicted molar refractivity (Wildman–Crippen MR) is 150 cm³/mol. The molecule has 12 heteroatoms. The number of hydrogen-bond donors (Lipinski definition) is 2. The van der Waals surface area contributed by atoms with Crippen LogP contribution in [0.5, 0.6) is 0 Å². The minimum atomic E-state index is -4.10. The van der Waals surface area contributed by atoms with E-state index in [2.05, 4.69) is 14.7 Å². The molecule has 0 unspecified atom stereocenters. The third-order valence-corrected chi connectivity index (χ3v) is 7.71. The minimum absolute atomic E-state index is 0.0239. The van der Waals surface area contributed by atoms with Gasteiger partial charge < -0.3 is 5.73 Å². The normalized spacial score (nSPS) is 16.9. The van der Waals surface area contributed by atoms with Crippen molar-refractivity contribution in [1.82, 2.24) is 9.71 Å². The molecule has 2 heterocycles. The molecule has 2 aromatic carbocycles. The highest BCUT2D eigenvalue weighted by atomic mass is 35.5. The average Bonchev–Trinajstić information content (AvgIpc) is 3.33. The number of carbonyl (C=O) groups is 1. The van der Waals surface area contributed by atoms with E-state index in [0.717, 1.165) is 11.4 Å². The van der Waals surface area contributed by atoms with Gasteiger partial charge in [0.2, 0.25) is 5.91 Å². The Bertz CT molecular complexity index is 1460. The molecule has 0 saturated heterocycles. The second-order valence-electron chi connectivity index (χ2n) is 8.97. The van der Waals surface area contributed by atoms with E-state index in [-0.39, 0.29) is 29.1 Å². The van der Waals surface area contributed by atoms with E-state index in [0.29, 0.717) is 15.8 Å². The molecule has 1 amide bonds. The lowest BCUT2D eigenvalue weighted by molar-refractivity contribution is -0.120. The van der Waals surface area contributed by atoms with E-state index < -0.39 is 22.0 Å². The highest BCUT2D eigenvalue weighted by Gasteiger charge is 2.35. The van der Waals surface area contributed by atoms with Crippen LogP contribution in [0, 0.1) is 5.92 Å². The molecule has 1 aromatic heterocycles. The van der Waals surface area contributed by atoms with Crippen molar-refractivity contribution in [3.8, 4) is 0 Å². The molecule has 0 fully saturated rings. The Morgan fingerprint density at radius 1 is 1.05 bits per heavy atom. The predicted octanol–water partition coefficient (Wildman–Crippen LogP) is 4.58. The number of hydrogen-bond acceptors (Lipinski definition) is 7. The van der Waals surface area contributed by atoms with Crippen LogP contribution in [-0.4, -0.2) is 36.9 Å². The van der Waals surface area contributed by atoms with Crippen LogP contribution in [0.2, 0.25) is 10.0 Å². The lowest BCUT2D eigenvalue weighted by atomic mass is 10.0. The summed E-state index contributed by atoms with van der Waals surface area (Å²) in [5.74, 6) is -1.05. The molecule has 4 rings (SSSR count). The monoisotopic (exact) mass is 572 g/mol. The topological polar surface area (TPSA) is 130 Å². The number of anilines is 1. The number of benzene rings is 2. The number of carbonyl (C=O) groups excluding carboxylic acids is 1. The number of halogens is 2. The number of rotatable bonds is 8. The minimum Gasteiger partial charge on any atom is -0.368 e. The maximum absolute atomic E-state index is 13.3. The smallest absolute Gasteiger partial charge is 0.263 e. The summed E-state index contributed by atoms with van der Waals surface area (Å²) in [6.45, 7) is 3.55. The molecular formula is C26H26Cl2N6O3S. The van der Waals surface area contributed by atoms with Crippen molar-refractivity contribution in [3.63, 3.8) is 0 Å². The van der Waals surface area contributed by atoms with E-state index in [9.17, 15) is 13.2 Å². The summed E-state index contributed by atoms with van der Waals surface area (Å²) in [5.41, 5.74) is 7.37. The van der Waals surface area contributed by atoms with Crippen LogP contribution in [0.4, 0.5) is 5.69 Å². The number of pyridine rings is 1. The van der Waals surface area contributed by atoms with Crippen molar-refractivity contribution >= 4 is 56.4 Å². The SMILES string of the molecule is CC(C)[C@H](N=C(NS(=O)(=O)c1ccc(Cl)cc1)C1=NN(c2ccc(Cl)cc2)[C@@H](c2ccccn2)C1)C(N)=O. The van der Waals surface area contributed by atoms with E-state index in [1.165, 1.54) is 24.3 Å². The maximum atomic E-state index is 13.3. The van der Waals surface area contributed by atoms with Gasteiger partial charge in [-0.2, -0.15) is 5.10 Å². The van der Waals surface area contributed by atoms with E-state index >= 15 is 0 Å². The molecule has 1 aliphatic rings. The van der Waals surface area contributed by atoms with Gasteiger partial charge in [-0.3, -0.25) is 24.5 Å². The number of nitrogens with one attached hydrogen (secondary N) is 1. The first-order valence-electron chi connectivity index (χ1n) is 11.7. The van der Waals surface area contributed by atoms with Crippen molar-refractivity contribution in [2.45, 2.75) is 37.2 Å². The first kappa shape index (κ1) is 27.6. The number of nitrogens with zero attached hydrogens (tertiary/aromatic N) is 4. The summed E-state index contributed by atoms with van der Waals surface area (Å²) in [6, 6.07) is 17.0. The molecule has 198 valence electrons. The number of sulfonamides is 1. The summed E-state index contributed by atoms with van der Waals surface area (Å²) in [5, 5.41) is 7.43. The molecule has 2 atom stereocenters. The summed E-state index contributed by atoms with van der Waals surface area (Å²) in [6.07, 6.45) is 1.93. The Labute approximate surface area is 231 Å². The van der Waals surface area contributed by atoms with Gasteiger partial charge in [-0.1, -0.05) is 43.1 Å². The Kier molecular flexibility index (Phi) is 8.35. The van der Waals surface area contributed by atoms with Gasteiger partial charge >= 0.3 is 0 Å². The molecule has 9 nitrogen and oxygen atoms in total. The molecule has 0 radical (unpaired) electrons. The Morgan fingerprint density at radius 2 is 1.68 bits per heavy atom. The van der Waals surface area contributed by atoms with Crippen LogP contribution in [0.25, 0.3) is 0 Å². The molecule has 0 spiro atoms. The van der Waals surface area contributed by atoms with Gasteiger partial charge in [0.25, 0.3) is 10.0 Å². The summed E-state index contributed by atoms with van der Waals surface area (Å²) in [7, 11) is -4.10. The van der Waals surface area contributed by atoms with Crippen LogP contribution in [-0.2, 0) is 14.8 Å². The van der Waals surface area contributed by atoms with Crippen LogP contribution < -0.4 is 15.5 Å². The fraction of sp³-hybridized carbons (Fsp3) is 0.231. The number of hydrazone groups is 1. The van der Waals surface area contributed by atoms with Crippen LogP contribution in [0.15, 0.2) is 87.9 Å². The standard InChI is InChI=1S/C26H26Cl2N6O3S/c1-16(2)24(25(29)35)31-26(33-38(36,37)20-12-8-18(28)9-13-20)22-15-23(21-5-3-4-14-30-21)34(32-22)19-10-6-17(27)7-11-19/h3-14,16,23-24H,15H2,1-2H3,(H2,29,35)(H,31,33)/t23-,24+/m1/s1. The van der Waals surface area contributed by atoms with Gasteiger partial charge in [0, 0.05) is 22.7 Å². The summed E-state index contributed by atoms with van der Waals surface area (Å²) in [4.78, 5) is 21.2. The molecule has 0 aliphatic carbocycles. The lowest BCUT2D eigenvalue weighted by Gasteiger charge is -2.23. The lowest BCUT2D eigenvalue weighted by Crippen LogP contribution is -2.40. The fourth-order valence-electron chi connectivity index (χ4n) is 3.93. The Hall–Kier alpha value is -3.47. The molecule has 3 N–H and O–H groups in total. The molecule has 1 aliphatic heterocycles. The first-order chi connectivity index (χ1) is 18.0. The molecular weight excluding hydrogens is 547 g/mol. The Morgan fingerprint density at radius 3 is 2.24 bits per heavy atom. The number of aromatic nitrogens is 1. The highest BCUT2D eigenvalue weighted by Crippen LogP contribution is 2.35. The van der Waals surface area contributed by atoms with E-state index in [4.69, 9.17) is 34.0 Å². The number of amides is 1. The molecule has 38 heavy (non-hydrogen) atoms. The quantitative estimate of drug-likeness (QED) is 0.301. The van der Waals surface area contributed by atoms with Crippen LogP contribution in [0.1, 0.15) is 32.0 Å². The maximum Gasteiger partial charge on any atom is 0.263 e. The van der Waals surface area contributed by atoms with Gasteiger partial charge in [0.1, 0.15) is 17.8 Å². The van der Waals surface area contributed by atoms with Gasteiger partial charge in [0.15, 0.2) is 5.84 Å². The molecule has 3 aromatic rings. The zero-order chi connectivity index (χ0) is 27.4. The third kappa shape index (κ3) is 6.32. The number of aliphatic imine (C=N–C) groups is 1. The zero-order valence-electron chi connectivity index (χ0n) is 20.6. The van der Waals surface area contributed by atoms with Crippen molar-refractivity contribution in [1.29, 1.82) is 0 Å². The van der Waals surface area contributed by atoms with Gasteiger partial charge in [-0.15, -0.1) is 0 Å². The van der Waals surface area contributed by atoms with Gasteiger partial charge in [0.05, 0.1) is 16.3 Å². The highest BCUT2D eigenvalue weighted by molar-refractivity contribution is 7.90. The molecule has 0 bridgehead atoms. The number of primary amides is 1. The number of nitrogens with two attached hydrogens (primary N) is 1. The van der Waals surface area contributed by atoms with Crippen LogP contribution in [0.3, 0.4) is 0 Å². The fourth-order valence-corrected chi connectivity index (χ4v) is 5.22. The largest absolute Gasteiger partial charge is 0.368 e. The van der Waals surface area contributed by atoms with Crippen LogP contribution >= 0.6 is 23.2 Å². The van der Waals surface area contributed by atoms with Crippen molar-refractivity contribution < 1.29 is 13.2 Å². The van der Waals surface area contributed by atoms with Crippen molar-refractivity contribution in [2.75, 3.05) is 5.01 Å². The third-order valence-electron chi connectivity index (χ3n) is 5.85. The van der Waals surface area contributed by atoms with E-state index in [1.807, 2.05) is 12.1 Å². The second-order valence-corrected chi connectivity index (χ2v) is 11.5. The second kappa shape index (κ2) is 11.5. The summed E-state index contributed by atoms with van der Waals surface area (Å²) >= 11 is 12.0. The zero-order valence-corrected chi connectivity index (χ0v) is 23.0. The summed E-state index contributed by atoms with van der Waals surface area (Å²) < 4.78 is 29.2. The Balaban J connectivity index is 1.81. The van der Waals surface area contributed by atoms with Crippen molar-refractivity contribution in [3.05, 3.63) is 88.7 Å². The molecule has 0 saturated carbocycles. The number of amidine groups is 1. The van der Waals surface area contributed by atoms with E-state index in [1.54, 1.807) is 55.4 Å². The average molecular weight is 574 g/mol.